The number of nitrogens with one attached hydrogen (secondary N) is 1. The predicted molar refractivity (Wildman–Crippen MR) is 89.9 cm³/mol. The molecule has 2 aliphatic heterocycles. The van der Waals surface area contributed by atoms with Gasteiger partial charge in [0, 0.05) is 36.3 Å². The van der Waals surface area contributed by atoms with Gasteiger partial charge in [0.2, 0.25) is 0 Å². The number of aliphatic hydroxyl groups is 1. The van der Waals surface area contributed by atoms with Crippen molar-refractivity contribution < 1.29 is 5.11 Å². The molecule has 1 aromatic heterocycles. The second-order valence-corrected chi connectivity index (χ2v) is 7.00. The van der Waals surface area contributed by atoms with Crippen LogP contribution in [0.4, 0.5) is 0 Å². The summed E-state index contributed by atoms with van der Waals surface area (Å²) in [6.45, 7) is 5.00. The standard InChI is InChI=1S/C19H26N2O/c1-2-13-12-21-9-7-16-15-5-3-4-6-17(15)20-19(16)18(21)11-14(13)8-10-22/h3-6,13-14,18,20,22H,2,7-12H2,1H3/t13-,14-,18?/m0/s1. The average Bonchev–Trinajstić information content (AvgIpc) is 2.93. The molecule has 4 rings (SSSR count). The van der Waals surface area contributed by atoms with E-state index in [0.717, 1.165) is 18.8 Å². The summed E-state index contributed by atoms with van der Waals surface area (Å²) >= 11 is 0. The Hall–Kier alpha value is -1.32. The molecule has 0 spiro atoms. The van der Waals surface area contributed by atoms with Gasteiger partial charge in [0.25, 0.3) is 0 Å². The molecule has 1 aromatic carbocycles. The van der Waals surface area contributed by atoms with Crippen LogP contribution in [-0.4, -0.2) is 34.7 Å². The van der Waals surface area contributed by atoms with Crippen LogP contribution in [0.2, 0.25) is 0 Å². The van der Waals surface area contributed by atoms with Crippen molar-refractivity contribution in [2.45, 2.75) is 38.6 Å². The molecule has 2 N–H and O–H groups in total. The number of hydrogen-bond acceptors (Lipinski definition) is 2. The largest absolute Gasteiger partial charge is 0.396 e. The first-order chi connectivity index (χ1) is 10.8. The van der Waals surface area contributed by atoms with Crippen molar-refractivity contribution in [1.82, 2.24) is 9.88 Å². The SMILES string of the molecule is CC[C@H]1CN2CCc3c([nH]c4ccccc34)C2C[C@@H]1CCO. The molecule has 2 aromatic rings. The lowest BCUT2D eigenvalue weighted by Gasteiger charge is -2.46. The van der Waals surface area contributed by atoms with Crippen molar-refractivity contribution in [2.75, 3.05) is 19.7 Å². The number of H-pyrrole nitrogens is 1. The topological polar surface area (TPSA) is 39.3 Å². The van der Waals surface area contributed by atoms with E-state index in [1.807, 2.05) is 0 Å². The van der Waals surface area contributed by atoms with E-state index >= 15 is 0 Å². The fourth-order valence-electron chi connectivity index (χ4n) is 4.77. The molecular formula is C19H26N2O. The van der Waals surface area contributed by atoms with Gasteiger partial charge in [-0.1, -0.05) is 31.5 Å². The van der Waals surface area contributed by atoms with E-state index in [1.165, 1.54) is 48.1 Å². The van der Waals surface area contributed by atoms with Gasteiger partial charge in [0.15, 0.2) is 0 Å². The minimum atomic E-state index is 0.327. The highest BCUT2D eigenvalue weighted by Gasteiger charge is 2.39. The summed E-state index contributed by atoms with van der Waals surface area (Å²) < 4.78 is 0. The Labute approximate surface area is 132 Å². The highest BCUT2D eigenvalue weighted by atomic mass is 16.3. The van der Waals surface area contributed by atoms with Gasteiger partial charge < -0.3 is 10.1 Å². The molecule has 3 nitrogen and oxygen atoms in total. The molecule has 3 heterocycles. The maximum absolute atomic E-state index is 9.42. The first-order valence-corrected chi connectivity index (χ1v) is 8.76. The Morgan fingerprint density at radius 2 is 2.14 bits per heavy atom. The molecule has 1 unspecified atom stereocenters. The fraction of sp³-hybridized carbons (Fsp3) is 0.579. The van der Waals surface area contributed by atoms with Crippen LogP contribution in [0.5, 0.6) is 0 Å². The summed E-state index contributed by atoms with van der Waals surface area (Å²) in [6, 6.07) is 9.23. The number of piperidine rings is 1. The van der Waals surface area contributed by atoms with Crippen LogP contribution in [0.15, 0.2) is 24.3 Å². The maximum atomic E-state index is 9.42. The summed E-state index contributed by atoms with van der Waals surface area (Å²) in [6.07, 6.45) is 4.54. The minimum absolute atomic E-state index is 0.327. The average molecular weight is 298 g/mol. The van der Waals surface area contributed by atoms with E-state index in [-0.39, 0.29) is 0 Å². The van der Waals surface area contributed by atoms with Crippen LogP contribution in [0.1, 0.15) is 43.5 Å². The van der Waals surface area contributed by atoms with Crippen LogP contribution in [0.3, 0.4) is 0 Å². The number of para-hydroxylation sites is 1. The van der Waals surface area contributed by atoms with Crippen molar-refractivity contribution in [3.05, 3.63) is 35.5 Å². The van der Waals surface area contributed by atoms with Gasteiger partial charge in [-0.25, -0.2) is 0 Å². The molecule has 3 heteroatoms. The van der Waals surface area contributed by atoms with Gasteiger partial charge in [-0.3, -0.25) is 4.90 Å². The van der Waals surface area contributed by atoms with E-state index in [0.29, 0.717) is 18.6 Å². The van der Waals surface area contributed by atoms with E-state index < -0.39 is 0 Å². The van der Waals surface area contributed by atoms with Crippen molar-refractivity contribution in [3.63, 3.8) is 0 Å². The third-order valence-corrected chi connectivity index (χ3v) is 5.96. The lowest BCUT2D eigenvalue weighted by Crippen LogP contribution is -2.46. The molecular weight excluding hydrogens is 272 g/mol. The van der Waals surface area contributed by atoms with Crippen molar-refractivity contribution in [2.24, 2.45) is 11.8 Å². The highest BCUT2D eigenvalue weighted by molar-refractivity contribution is 5.85. The first kappa shape index (κ1) is 14.3. The van der Waals surface area contributed by atoms with Crippen molar-refractivity contribution in [1.29, 1.82) is 0 Å². The molecule has 2 aliphatic rings. The quantitative estimate of drug-likeness (QED) is 0.910. The third kappa shape index (κ3) is 2.19. The van der Waals surface area contributed by atoms with Crippen molar-refractivity contribution in [3.8, 4) is 0 Å². The van der Waals surface area contributed by atoms with Crippen LogP contribution < -0.4 is 0 Å². The van der Waals surface area contributed by atoms with E-state index in [9.17, 15) is 5.11 Å². The second kappa shape index (κ2) is 5.71. The number of rotatable bonds is 3. The number of nitrogens with zero attached hydrogens (tertiary/aromatic N) is 1. The molecule has 1 saturated heterocycles. The number of aromatic nitrogens is 1. The smallest absolute Gasteiger partial charge is 0.0504 e. The van der Waals surface area contributed by atoms with Crippen molar-refractivity contribution >= 4 is 10.9 Å². The summed E-state index contributed by atoms with van der Waals surface area (Å²) in [5.41, 5.74) is 4.27. The zero-order chi connectivity index (χ0) is 15.1. The normalized spacial score (nSPS) is 28.5. The molecule has 0 radical (unpaired) electrons. The summed E-state index contributed by atoms with van der Waals surface area (Å²) in [4.78, 5) is 6.39. The molecule has 0 saturated carbocycles. The van der Waals surface area contributed by atoms with Gasteiger partial charge >= 0.3 is 0 Å². The van der Waals surface area contributed by atoms with Crippen LogP contribution in [0.25, 0.3) is 10.9 Å². The number of hydrogen-bond donors (Lipinski definition) is 2. The van der Waals surface area contributed by atoms with Gasteiger partial charge in [-0.05, 0) is 42.7 Å². The minimum Gasteiger partial charge on any atom is -0.396 e. The molecule has 118 valence electrons. The van der Waals surface area contributed by atoms with Gasteiger partial charge in [0.05, 0.1) is 6.04 Å². The lowest BCUT2D eigenvalue weighted by atomic mass is 9.76. The first-order valence-electron chi connectivity index (χ1n) is 8.76. The van der Waals surface area contributed by atoms with Crippen LogP contribution in [0, 0.1) is 11.8 Å². The third-order valence-electron chi connectivity index (χ3n) is 5.96. The Morgan fingerprint density at radius 3 is 2.95 bits per heavy atom. The van der Waals surface area contributed by atoms with E-state index in [1.54, 1.807) is 0 Å². The maximum Gasteiger partial charge on any atom is 0.0504 e. The number of fused-ring (bicyclic) bond motifs is 5. The van der Waals surface area contributed by atoms with Gasteiger partial charge in [-0.2, -0.15) is 0 Å². The molecule has 0 bridgehead atoms. The van der Waals surface area contributed by atoms with E-state index in [2.05, 4.69) is 41.1 Å². The molecule has 0 aliphatic carbocycles. The lowest BCUT2D eigenvalue weighted by molar-refractivity contribution is 0.0396. The zero-order valence-electron chi connectivity index (χ0n) is 13.4. The molecule has 22 heavy (non-hydrogen) atoms. The number of aliphatic hydroxyl groups excluding tert-OH is 1. The van der Waals surface area contributed by atoms with E-state index in [4.69, 9.17) is 0 Å². The number of benzene rings is 1. The Kier molecular flexibility index (Phi) is 3.71. The monoisotopic (exact) mass is 298 g/mol. The van der Waals surface area contributed by atoms with Crippen LogP contribution >= 0.6 is 0 Å². The fourth-order valence-corrected chi connectivity index (χ4v) is 4.77. The Morgan fingerprint density at radius 1 is 1.27 bits per heavy atom. The Balaban J connectivity index is 1.71. The molecule has 3 atom stereocenters. The second-order valence-electron chi connectivity index (χ2n) is 7.00. The van der Waals surface area contributed by atoms with Gasteiger partial charge in [0.1, 0.15) is 0 Å². The molecule has 0 amide bonds. The predicted octanol–water partition coefficient (Wildman–Crippen LogP) is 3.50. The zero-order valence-corrected chi connectivity index (χ0v) is 13.4. The number of aromatic amines is 1. The summed E-state index contributed by atoms with van der Waals surface area (Å²) in [7, 11) is 0. The van der Waals surface area contributed by atoms with Gasteiger partial charge in [-0.15, -0.1) is 0 Å². The molecule has 1 fully saturated rings. The van der Waals surface area contributed by atoms with Crippen LogP contribution in [-0.2, 0) is 6.42 Å². The Bertz CT molecular complexity index is 662. The highest BCUT2D eigenvalue weighted by Crippen LogP contribution is 2.44. The summed E-state index contributed by atoms with van der Waals surface area (Å²) in [5.74, 6) is 1.41. The summed E-state index contributed by atoms with van der Waals surface area (Å²) in [5, 5.41) is 10.8.